The van der Waals surface area contributed by atoms with E-state index in [0.29, 0.717) is 22.7 Å². The molecule has 0 fully saturated rings. The van der Waals surface area contributed by atoms with Crippen LogP contribution >= 0.6 is 0 Å². The highest BCUT2D eigenvalue weighted by molar-refractivity contribution is 5.97. The summed E-state index contributed by atoms with van der Waals surface area (Å²) >= 11 is 0. The highest BCUT2D eigenvalue weighted by atomic mass is 16.6. The summed E-state index contributed by atoms with van der Waals surface area (Å²) in [6.07, 6.45) is -0.745. The SMILES string of the molecule is CC(C)(C)c1cc(=O)[nH]c2cc(NC(=O)C3COc4ccccc4O3)ccc12. The Morgan fingerprint density at radius 1 is 1.11 bits per heavy atom. The molecule has 0 saturated heterocycles. The van der Waals surface area contributed by atoms with Crippen LogP contribution in [0.1, 0.15) is 26.3 Å². The molecule has 3 aromatic rings. The van der Waals surface area contributed by atoms with Crippen molar-refractivity contribution in [1.29, 1.82) is 0 Å². The molecule has 1 amide bonds. The van der Waals surface area contributed by atoms with Gasteiger partial charge in [0.05, 0.1) is 5.52 Å². The number of carbonyl (C=O) groups is 1. The number of para-hydroxylation sites is 2. The molecule has 1 atom stereocenters. The Balaban J connectivity index is 1.59. The molecule has 2 heterocycles. The fraction of sp³-hybridized carbons (Fsp3) is 0.273. The summed E-state index contributed by atoms with van der Waals surface area (Å²) in [6, 6.07) is 14.4. The Labute approximate surface area is 162 Å². The Hall–Kier alpha value is -3.28. The van der Waals surface area contributed by atoms with Gasteiger partial charge in [-0.2, -0.15) is 0 Å². The van der Waals surface area contributed by atoms with Gasteiger partial charge in [0.25, 0.3) is 5.91 Å². The molecule has 1 aromatic heterocycles. The zero-order valence-corrected chi connectivity index (χ0v) is 16.0. The zero-order chi connectivity index (χ0) is 19.9. The van der Waals surface area contributed by atoms with Crippen molar-refractivity contribution in [3.05, 3.63) is 64.4 Å². The second kappa shape index (κ2) is 6.71. The van der Waals surface area contributed by atoms with Gasteiger partial charge in [0.15, 0.2) is 11.5 Å². The first kappa shape index (κ1) is 18.1. The van der Waals surface area contributed by atoms with Crippen molar-refractivity contribution in [1.82, 2.24) is 4.98 Å². The number of benzene rings is 2. The summed E-state index contributed by atoms with van der Waals surface area (Å²) in [5.41, 5.74) is 1.90. The van der Waals surface area contributed by atoms with Gasteiger partial charge in [-0.05, 0) is 35.2 Å². The first-order chi connectivity index (χ1) is 13.3. The van der Waals surface area contributed by atoms with Crippen LogP contribution in [-0.4, -0.2) is 23.6 Å². The molecule has 6 heteroatoms. The number of nitrogens with one attached hydrogen (secondary N) is 2. The first-order valence-electron chi connectivity index (χ1n) is 9.18. The summed E-state index contributed by atoms with van der Waals surface area (Å²) in [4.78, 5) is 27.5. The number of hydrogen-bond acceptors (Lipinski definition) is 4. The number of anilines is 1. The minimum Gasteiger partial charge on any atom is -0.485 e. The molecule has 1 aliphatic heterocycles. The Kier molecular flexibility index (Phi) is 4.34. The molecule has 1 unspecified atom stereocenters. The van der Waals surface area contributed by atoms with Gasteiger partial charge >= 0.3 is 0 Å². The lowest BCUT2D eigenvalue weighted by Gasteiger charge is -2.25. The van der Waals surface area contributed by atoms with Gasteiger partial charge < -0.3 is 19.8 Å². The van der Waals surface area contributed by atoms with E-state index in [2.05, 4.69) is 31.1 Å². The maximum atomic E-state index is 12.6. The number of hydrogen-bond donors (Lipinski definition) is 2. The van der Waals surface area contributed by atoms with E-state index in [9.17, 15) is 9.59 Å². The molecule has 28 heavy (non-hydrogen) atoms. The highest BCUT2D eigenvalue weighted by Crippen LogP contribution is 2.32. The Morgan fingerprint density at radius 2 is 1.86 bits per heavy atom. The number of pyridine rings is 1. The molecule has 2 aromatic carbocycles. The average molecular weight is 378 g/mol. The van der Waals surface area contributed by atoms with Crippen LogP contribution in [0.15, 0.2) is 53.3 Å². The normalized spacial score (nSPS) is 16.0. The summed E-state index contributed by atoms with van der Waals surface area (Å²) in [6.45, 7) is 6.33. The number of amides is 1. The van der Waals surface area contributed by atoms with Gasteiger partial charge in [0.1, 0.15) is 6.61 Å². The van der Waals surface area contributed by atoms with E-state index in [1.165, 1.54) is 0 Å². The van der Waals surface area contributed by atoms with Gasteiger partial charge in [-0.25, -0.2) is 0 Å². The minimum absolute atomic E-state index is 0.140. The molecule has 4 rings (SSSR count). The van der Waals surface area contributed by atoms with Gasteiger partial charge in [0, 0.05) is 17.1 Å². The third-order valence-corrected chi connectivity index (χ3v) is 4.72. The smallest absolute Gasteiger partial charge is 0.269 e. The number of aromatic amines is 1. The van der Waals surface area contributed by atoms with E-state index in [0.717, 1.165) is 10.9 Å². The predicted molar refractivity (Wildman–Crippen MR) is 108 cm³/mol. The summed E-state index contributed by atoms with van der Waals surface area (Å²) in [7, 11) is 0. The number of fused-ring (bicyclic) bond motifs is 2. The fourth-order valence-corrected chi connectivity index (χ4v) is 3.33. The number of H-pyrrole nitrogens is 1. The Morgan fingerprint density at radius 3 is 2.61 bits per heavy atom. The van der Waals surface area contributed by atoms with Gasteiger partial charge in [-0.15, -0.1) is 0 Å². The van der Waals surface area contributed by atoms with Crippen molar-refractivity contribution >= 4 is 22.5 Å². The molecule has 0 spiro atoms. The summed E-state index contributed by atoms with van der Waals surface area (Å²) in [5.74, 6) is 0.874. The van der Waals surface area contributed by atoms with Crippen LogP contribution in [0.25, 0.3) is 10.9 Å². The molecular weight excluding hydrogens is 356 g/mol. The van der Waals surface area contributed by atoms with Crippen LogP contribution in [0.2, 0.25) is 0 Å². The lowest BCUT2D eigenvalue weighted by molar-refractivity contribution is -0.125. The Bertz CT molecular complexity index is 1110. The van der Waals surface area contributed by atoms with Crippen LogP contribution in [0.5, 0.6) is 11.5 Å². The second-order valence-electron chi connectivity index (χ2n) is 7.91. The van der Waals surface area contributed by atoms with Gasteiger partial charge in [-0.1, -0.05) is 39.0 Å². The van der Waals surface area contributed by atoms with E-state index >= 15 is 0 Å². The standard InChI is InChI=1S/C22H22N2O4/c1-22(2,3)15-11-20(25)24-16-10-13(8-9-14(15)16)23-21(26)19-12-27-17-6-4-5-7-18(17)28-19/h4-11,19H,12H2,1-3H3,(H,23,26)(H,24,25). The van der Waals surface area contributed by atoms with E-state index in [1.54, 1.807) is 24.3 Å². The number of carbonyl (C=O) groups excluding carboxylic acids is 1. The van der Waals surface area contributed by atoms with Crippen molar-refractivity contribution in [2.45, 2.75) is 32.3 Å². The van der Waals surface area contributed by atoms with Gasteiger partial charge in [0.2, 0.25) is 11.7 Å². The van der Waals surface area contributed by atoms with E-state index in [4.69, 9.17) is 9.47 Å². The number of ether oxygens (including phenoxy) is 2. The van der Waals surface area contributed by atoms with Crippen molar-refractivity contribution in [3.8, 4) is 11.5 Å². The second-order valence-corrected chi connectivity index (χ2v) is 7.91. The highest BCUT2D eigenvalue weighted by Gasteiger charge is 2.27. The van der Waals surface area contributed by atoms with Crippen molar-refractivity contribution in [3.63, 3.8) is 0 Å². The maximum Gasteiger partial charge on any atom is 0.269 e. The minimum atomic E-state index is -0.745. The fourth-order valence-electron chi connectivity index (χ4n) is 3.33. The molecule has 0 bridgehead atoms. The quantitative estimate of drug-likeness (QED) is 0.714. The maximum absolute atomic E-state index is 12.6. The summed E-state index contributed by atoms with van der Waals surface area (Å²) in [5, 5.41) is 3.80. The average Bonchev–Trinajstić information content (AvgIpc) is 2.66. The van der Waals surface area contributed by atoms with E-state index in [1.807, 2.05) is 24.3 Å². The van der Waals surface area contributed by atoms with Crippen LogP contribution in [0.4, 0.5) is 5.69 Å². The number of rotatable bonds is 2. The summed E-state index contributed by atoms with van der Waals surface area (Å²) < 4.78 is 11.3. The van der Waals surface area contributed by atoms with Crippen LogP contribution in [0.3, 0.4) is 0 Å². The number of aromatic nitrogens is 1. The first-order valence-corrected chi connectivity index (χ1v) is 9.18. The predicted octanol–water partition coefficient (Wildman–Crippen LogP) is 3.60. The molecule has 6 nitrogen and oxygen atoms in total. The van der Waals surface area contributed by atoms with Crippen molar-refractivity contribution in [2.75, 3.05) is 11.9 Å². The van der Waals surface area contributed by atoms with E-state index in [-0.39, 0.29) is 23.5 Å². The van der Waals surface area contributed by atoms with Gasteiger partial charge in [-0.3, -0.25) is 9.59 Å². The largest absolute Gasteiger partial charge is 0.485 e. The molecule has 0 saturated carbocycles. The third kappa shape index (κ3) is 3.45. The third-order valence-electron chi connectivity index (χ3n) is 4.72. The lowest BCUT2D eigenvalue weighted by Crippen LogP contribution is -2.40. The zero-order valence-electron chi connectivity index (χ0n) is 16.0. The van der Waals surface area contributed by atoms with E-state index < -0.39 is 6.10 Å². The molecule has 2 N–H and O–H groups in total. The molecule has 0 radical (unpaired) electrons. The van der Waals surface area contributed by atoms with Crippen molar-refractivity contribution < 1.29 is 14.3 Å². The topological polar surface area (TPSA) is 80.4 Å². The van der Waals surface area contributed by atoms with Crippen molar-refractivity contribution in [2.24, 2.45) is 0 Å². The van der Waals surface area contributed by atoms with Crippen LogP contribution < -0.4 is 20.3 Å². The molecule has 0 aliphatic carbocycles. The molecule has 1 aliphatic rings. The monoisotopic (exact) mass is 378 g/mol. The molecule has 144 valence electrons. The van der Waals surface area contributed by atoms with Crippen LogP contribution in [-0.2, 0) is 10.2 Å². The lowest BCUT2D eigenvalue weighted by atomic mass is 9.85. The molecular formula is C22H22N2O4. The van der Waals surface area contributed by atoms with Crippen LogP contribution in [0, 0.1) is 0 Å².